The summed E-state index contributed by atoms with van der Waals surface area (Å²) >= 11 is 0. The van der Waals surface area contributed by atoms with Crippen molar-refractivity contribution in [2.45, 2.75) is 12.8 Å². The van der Waals surface area contributed by atoms with Crippen LogP contribution in [0.25, 0.3) is 0 Å². The van der Waals surface area contributed by atoms with Crippen molar-refractivity contribution in [2.24, 2.45) is 0 Å². The Morgan fingerprint density at radius 1 is 1.33 bits per heavy atom. The van der Waals surface area contributed by atoms with E-state index in [1.807, 2.05) is 12.1 Å². The van der Waals surface area contributed by atoms with E-state index in [0.717, 1.165) is 28.8 Å². The highest BCUT2D eigenvalue weighted by Crippen LogP contribution is 2.14. The number of quaternary nitrogens is 1. The second kappa shape index (κ2) is 6.40. The zero-order valence-electron chi connectivity index (χ0n) is 11.3. The SMILES string of the molecule is C[N+](C)(C)CCCOc1cccc(CC(=O)O)c1. The highest BCUT2D eigenvalue weighted by molar-refractivity contribution is 5.70. The van der Waals surface area contributed by atoms with Crippen molar-refractivity contribution in [1.82, 2.24) is 0 Å². The van der Waals surface area contributed by atoms with Crippen molar-refractivity contribution in [3.05, 3.63) is 29.8 Å². The number of aliphatic carboxylic acids is 1. The molecule has 0 amide bonds. The number of benzene rings is 1. The number of carbonyl (C=O) groups is 1. The van der Waals surface area contributed by atoms with Crippen molar-refractivity contribution in [1.29, 1.82) is 0 Å². The normalized spacial score (nSPS) is 11.3. The first-order valence-corrected chi connectivity index (χ1v) is 6.11. The van der Waals surface area contributed by atoms with Gasteiger partial charge in [-0.1, -0.05) is 12.1 Å². The van der Waals surface area contributed by atoms with E-state index in [4.69, 9.17) is 9.84 Å². The average molecular weight is 252 g/mol. The molecule has 4 nitrogen and oxygen atoms in total. The number of carboxylic acids is 1. The fourth-order valence-corrected chi connectivity index (χ4v) is 1.65. The molecule has 1 N–H and O–H groups in total. The first kappa shape index (κ1) is 14.5. The molecule has 0 saturated carbocycles. The zero-order valence-corrected chi connectivity index (χ0v) is 11.3. The predicted molar refractivity (Wildman–Crippen MR) is 70.8 cm³/mol. The quantitative estimate of drug-likeness (QED) is 0.594. The smallest absolute Gasteiger partial charge is 0.307 e. The van der Waals surface area contributed by atoms with Gasteiger partial charge in [0.25, 0.3) is 0 Å². The van der Waals surface area contributed by atoms with Gasteiger partial charge in [0.1, 0.15) is 5.75 Å². The molecule has 18 heavy (non-hydrogen) atoms. The van der Waals surface area contributed by atoms with Crippen LogP contribution in [-0.4, -0.2) is 49.9 Å². The standard InChI is InChI=1S/C14H21NO3/c1-15(2,3)8-5-9-18-13-7-4-6-12(10-13)11-14(16)17/h4,6-7,10H,5,8-9,11H2,1-3H3/p+1. The number of nitrogens with zero attached hydrogens (tertiary/aromatic N) is 1. The Bertz CT molecular complexity index is 396. The van der Waals surface area contributed by atoms with E-state index >= 15 is 0 Å². The maximum atomic E-state index is 10.6. The minimum Gasteiger partial charge on any atom is -0.493 e. The summed E-state index contributed by atoms with van der Waals surface area (Å²) in [5.41, 5.74) is 0.770. The van der Waals surface area contributed by atoms with Crippen LogP contribution in [0.4, 0.5) is 0 Å². The second-order valence-electron chi connectivity index (χ2n) is 5.43. The maximum absolute atomic E-state index is 10.6. The first-order valence-electron chi connectivity index (χ1n) is 6.11. The molecule has 0 atom stereocenters. The molecule has 0 spiro atoms. The number of rotatable bonds is 7. The molecular weight excluding hydrogens is 230 g/mol. The molecule has 0 fully saturated rings. The van der Waals surface area contributed by atoms with Gasteiger partial charge in [0.05, 0.1) is 40.7 Å². The van der Waals surface area contributed by atoms with Crippen LogP contribution in [-0.2, 0) is 11.2 Å². The van der Waals surface area contributed by atoms with Gasteiger partial charge < -0.3 is 14.3 Å². The molecule has 1 rings (SSSR count). The van der Waals surface area contributed by atoms with E-state index in [-0.39, 0.29) is 6.42 Å². The van der Waals surface area contributed by atoms with Gasteiger partial charge in [0.15, 0.2) is 0 Å². The molecule has 0 aliphatic rings. The summed E-state index contributed by atoms with van der Waals surface area (Å²) in [4.78, 5) is 10.6. The predicted octanol–water partition coefficient (Wildman–Crippen LogP) is 1.79. The van der Waals surface area contributed by atoms with Crippen LogP contribution in [0.3, 0.4) is 0 Å². The summed E-state index contributed by atoms with van der Waals surface area (Å²) in [6.07, 6.45) is 1.02. The molecule has 1 aromatic rings. The lowest BCUT2D eigenvalue weighted by Crippen LogP contribution is -2.35. The lowest BCUT2D eigenvalue weighted by molar-refractivity contribution is -0.870. The van der Waals surface area contributed by atoms with Crippen molar-refractivity contribution < 1.29 is 19.1 Å². The maximum Gasteiger partial charge on any atom is 0.307 e. The minimum atomic E-state index is -0.822. The van der Waals surface area contributed by atoms with E-state index in [2.05, 4.69) is 21.1 Å². The second-order valence-corrected chi connectivity index (χ2v) is 5.43. The van der Waals surface area contributed by atoms with Crippen LogP contribution < -0.4 is 4.74 Å². The molecule has 1 aromatic carbocycles. The molecule has 0 bridgehead atoms. The summed E-state index contributed by atoms with van der Waals surface area (Å²) < 4.78 is 6.54. The van der Waals surface area contributed by atoms with Crippen molar-refractivity contribution in [2.75, 3.05) is 34.3 Å². The summed E-state index contributed by atoms with van der Waals surface area (Å²) in [5, 5.41) is 8.72. The third-order valence-electron chi connectivity index (χ3n) is 2.50. The van der Waals surface area contributed by atoms with Gasteiger partial charge in [-0.05, 0) is 17.7 Å². The Kier molecular flexibility index (Phi) is 5.16. The molecule has 0 aromatic heterocycles. The fourth-order valence-electron chi connectivity index (χ4n) is 1.65. The number of ether oxygens (including phenoxy) is 1. The molecular formula is C14H22NO3+. The van der Waals surface area contributed by atoms with Crippen LogP contribution >= 0.6 is 0 Å². The summed E-state index contributed by atoms with van der Waals surface area (Å²) in [6, 6.07) is 7.28. The molecule has 0 aliphatic carbocycles. The molecule has 0 saturated heterocycles. The Morgan fingerprint density at radius 2 is 2.06 bits per heavy atom. The Morgan fingerprint density at radius 3 is 2.67 bits per heavy atom. The van der Waals surface area contributed by atoms with Gasteiger partial charge in [0, 0.05) is 6.42 Å². The van der Waals surface area contributed by atoms with E-state index in [1.54, 1.807) is 12.1 Å². The van der Waals surface area contributed by atoms with Gasteiger partial charge in [0.2, 0.25) is 0 Å². The molecule has 100 valence electrons. The molecule has 0 aliphatic heterocycles. The van der Waals surface area contributed by atoms with Gasteiger partial charge in [-0.15, -0.1) is 0 Å². The zero-order chi connectivity index (χ0) is 13.6. The first-order chi connectivity index (χ1) is 8.37. The molecule has 4 heteroatoms. The van der Waals surface area contributed by atoms with Crippen molar-refractivity contribution >= 4 is 5.97 Å². The monoisotopic (exact) mass is 252 g/mol. The Labute approximate surface area is 108 Å². The van der Waals surface area contributed by atoms with Crippen LogP contribution in [0, 0.1) is 0 Å². The molecule has 0 radical (unpaired) electrons. The minimum absolute atomic E-state index is 0.0378. The van der Waals surface area contributed by atoms with Crippen LogP contribution in [0.5, 0.6) is 5.75 Å². The summed E-state index contributed by atoms with van der Waals surface area (Å²) in [6.45, 7) is 1.71. The summed E-state index contributed by atoms with van der Waals surface area (Å²) in [7, 11) is 6.44. The topological polar surface area (TPSA) is 46.5 Å². The lowest BCUT2D eigenvalue weighted by atomic mass is 10.1. The third kappa shape index (κ3) is 6.25. The van der Waals surface area contributed by atoms with E-state index in [9.17, 15) is 4.79 Å². The van der Waals surface area contributed by atoms with Crippen molar-refractivity contribution in [3.63, 3.8) is 0 Å². The Balaban J connectivity index is 2.40. The van der Waals surface area contributed by atoms with Gasteiger partial charge in [-0.25, -0.2) is 0 Å². The lowest BCUT2D eigenvalue weighted by Gasteiger charge is -2.23. The molecule has 0 heterocycles. The largest absolute Gasteiger partial charge is 0.493 e. The molecule has 0 unspecified atom stereocenters. The van der Waals surface area contributed by atoms with Crippen molar-refractivity contribution in [3.8, 4) is 5.75 Å². The number of carboxylic acid groups (broad SMARTS) is 1. The average Bonchev–Trinajstić information content (AvgIpc) is 2.23. The van der Waals surface area contributed by atoms with E-state index in [1.165, 1.54) is 0 Å². The van der Waals surface area contributed by atoms with Gasteiger partial charge >= 0.3 is 5.97 Å². The van der Waals surface area contributed by atoms with E-state index in [0.29, 0.717) is 6.61 Å². The van der Waals surface area contributed by atoms with E-state index < -0.39 is 5.97 Å². The highest BCUT2D eigenvalue weighted by Gasteiger charge is 2.06. The highest BCUT2D eigenvalue weighted by atomic mass is 16.5. The van der Waals surface area contributed by atoms with Crippen LogP contribution in [0.2, 0.25) is 0 Å². The van der Waals surface area contributed by atoms with Crippen LogP contribution in [0.15, 0.2) is 24.3 Å². The number of hydrogen-bond donors (Lipinski definition) is 1. The summed E-state index contributed by atoms with van der Waals surface area (Å²) in [5.74, 6) is -0.0765. The fraction of sp³-hybridized carbons (Fsp3) is 0.500. The van der Waals surface area contributed by atoms with Gasteiger partial charge in [-0.2, -0.15) is 0 Å². The van der Waals surface area contributed by atoms with Crippen LogP contribution in [0.1, 0.15) is 12.0 Å². The van der Waals surface area contributed by atoms with Gasteiger partial charge in [-0.3, -0.25) is 4.79 Å². The number of hydrogen-bond acceptors (Lipinski definition) is 2. The third-order valence-corrected chi connectivity index (χ3v) is 2.50. The Hall–Kier alpha value is -1.55.